The van der Waals surface area contributed by atoms with Crippen LogP contribution in [0.3, 0.4) is 0 Å². The number of Topliss-reactive ketones (excluding diaryl/α,β-unsaturated/α-hetero) is 1. The van der Waals surface area contributed by atoms with E-state index in [2.05, 4.69) is 0 Å². The van der Waals surface area contributed by atoms with Crippen LogP contribution in [0.15, 0.2) is 40.3 Å². The Morgan fingerprint density at radius 2 is 1.74 bits per heavy atom. The van der Waals surface area contributed by atoms with Gasteiger partial charge in [-0.05, 0) is 63.1 Å². The lowest BCUT2D eigenvalue weighted by Crippen LogP contribution is -2.12. The van der Waals surface area contributed by atoms with Gasteiger partial charge in [-0.1, -0.05) is 6.07 Å². The van der Waals surface area contributed by atoms with Crippen molar-refractivity contribution < 1.29 is 38.2 Å². The molecule has 0 unspecified atom stereocenters. The summed E-state index contributed by atoms with van der Waals surface area (Å²) in [5.41, 5.74) is 1.69. The lowest BCUT2D eigenvalue weighted by Gasteiger charge is -2.05. The fourth-order valence-electron chi connectivity index (χ4n) is 3.71. The Kier molecular flexibility index (Phi) is 8.99. The van der Waals surface area contributed by atoms with Crippen molar-refractivity contribution in [3.8, 4) is 17.4 Å². The van der Waals surface area contributed by atoms with Gasteiger partial charge in [0.15, 0.2) is 5.78 Å². The summed E-state index contributed by atoms with van der Waals surface area (Å²) in [5, 5.41) is 19.0. The molecule has 0 atom stereocenters. The summed E-state index contributed by atoms with van der Waals surface area (Å²) in [6.07, 6.45) is 0.963. The van der Waals surface area contributed by atoms with E-state index in [1.807, 2.05) is 6.07 Å². The molecule has 0 amide bonds. The molecule has 0 bridgehead atoms. The SMILES string of the molecule is CCOC(=O)c1sc(CC(=O)/C(C#N)=C/c2ccc(-c3cc(C(=O)O)ccc3C)o2)c(C(=O)OCC)c1C. The number of aromatic carboxylic acids is 1. The molecule has 38 heavy (non-hydrogen) atoms. The first-order valence-electron chi connectivity index (χ1n) is 11.7. The summed E-state index contributed by atoms with van der Waals surface area (Å²) in [7, 11) is 0. The molecular formula is C28H25NO8S. The van der Waals surface area contributed by atoms with Crippen LogP contribution in [0.5, 0.6) is 0 Å². The standard InChI is InChI=1S/C28H25NO8S/c1-5-35-27(33)24-16(4)25(28(34)36-6-2)38-23(24)13-21(30)18(14-29)11-19-9-10-22(37-19)20-12-17(26(31)32)8-7-15(20)3/h7-12H,5-6,13H2,1-4H3,(H,31,32)/b18-11+. The molecule has 1 N–H and O–H groups in total. The average molecular weight is 536 g/mol. The minimum absolute atomic E-state index is 0.0952. The molecule has 3 aromatic rings. The van der Waals surface area contributed by atoms with Crippen LogP contribution in [-0.2, 0) is 20.7 Å². The van der Waals surface area contributed by atoms with Crippen LogP contribution < -0.4 is 0 Å². The molecule has 0 saturated heterocycles. The zero-order chi connectivity index (χ0) is 28.0. The fraction of sp³-hybridized carbons (Fsp3) is 0.250. The quantitative estimate of drug-likeness (QED) is 0.205. The number of hydrogen-bond acceptors (Lipinski definition) is 9. The number of ether oxygens (including phenoxy) is 2. The van der Waals surface area contributed by atoms with Crippen molar-refractivity contribution in [2.24, 2.45) is 0 Å². The highest BCUT2D eigenvalue weighted by Gasteiger charge is 2.28. The Balaban J connectivity index is 1.93. The lowest BCUT2D eigenvalue weighted by atomic mass is 10.0. The minimum atomic E-state index is -1.08. The van der Waals surface area contributed by atoms with Gasteiger partial charge in [0.1, 0.15) is 22.5 Å². The number of carboxylic acid groups (broad SMARTS) is 1. The van der Waals surface area contributed by atoms with Crippen LogP contribution in [0.2, 0.25) is 0 Å². The largest absolute Gasteiger partial charge is 0.478 e. The number of nitrogens with zero attached hydrogens (tertiary/aromatic N) is 1. The van der Waals surface area contributed by atoms with E-state index >= 15 is 0 Å². The van der Waals surface area contributed by atoms with Crippen LogP contribution >= 0.6 is 11.3 Å². The molecular weight excluding hydrogens is 510 g/mol. The monoisotopic (exact) mass is 535 g/mol. The van der Waals surface area contributed by atoms with Crippen molar-refractivity contribution in [3.63, 3.8) is 0 Å². The molecule has 3 rings (SSSR count). The molecule has 0 saturated carbocycles. The first-order valence-corrected chi connectivity index (χ1v) is 12.5. The van der Waals surface area contributed by atoms with Crippen molar-refractivity contribution in [2.45, 2.75) is 34.1 Å². The number of esters is 2. The second kappa shape index (κ2) is 12.2. The highest BCUT2D eigenvalue weighted by atomic mass is 32.1. The Hall–Kier alpha value is -4.49. The Morgan fingerprint density at radius 3 is 2.37 bits per heavy atom. The minimum Gasteiger partial charge on any atom is -0.478 e. The van der Waals surface area contributed by atoms with Gasteiger partial charge in [-0.25, -0.2) is 14.4 Å². The molecule has 9 nitrogen and oxygen atoms in total. The van der Waals surface area contributed by atoms with E-state index in [1.165, 1.54) is 18.2 Å². The summed E-state index contributed by atoms with van der Waals surface area (Å²) in [5.74, 6) is -2.36. The summed E-state index contributed by atoms with van der Waals surface area (Å²) < 4.78 is 16.0. The first-order chi connectivity index (χ1) is 18.1. The van der Waals surface area contributed by atoms with Crippen LogP contribution in [0.4, 0.5) is 0 Å². The number of carbonyl (C=O) groups is 4. The number of nitriles is 1. The van der Waals surface area contributed by atoms with Gasteiger partial charge in [-0.2, -0.15) is 5.26 Å². The average Bonchev–Trinajstić information content (AvgIpc) is 3.47. The summed E-state index contributed by atoms with van der Waals surface area (Å²) in [6, 6.07) is 9.68. The predicted octanol–water partition coefficient (Wildman–Crippen LogP) is 5.40. The molecule has 196 valence electrons. The van der Waals surface area contributed by atoms with E-state index in [9.17, 15) is 29.5 Å². The van der Waals surface area contributed by atoms with E-state index in [-0.39, 0.29) is 51.8 Å². The highest BCUT2D eigenvalue weighted by Crippen LogP contribution is 2.32. The molecule has 0 aliphatic heterocycles. The summed E-state index contributed by atoms with van der Waals surface area (Å²) in [4.78, 5) is 49.9. The predicted molar refractivity (Wildman–Crippen MR) is 139 cm³/mol. The van der Waals surface area contributed by atoms with Crippen LogP contribution in [0.25, 0.3) is 17.4 Å². The fourth-order valence-corrected chi connectivity index (χ4v) is 4.90. The third-order valence-electron chi connectivity index (χ3n) is 5.57. The third kappa shape index (κ3) is 6.07. The van der Waals surface area contributed by atoms with E-state index < -0.39 is 23.7 Å². The van der Waals surface area contributed by atoms with Crippen LogP contribution in [0, 0.1) is 25.2 Å². The zero-order valence-electron chi connectivity index (χ0n) is 21.2. The molecule has 0 aliphatic carbocycles. The van der Waals surface area contributed by atoms with Crippen molar-refractivity contribution in [1.29, 1.82) is 5.26 Å². The van der Waals surface area contributed by atoms with Crippen molar-refractivity contribution >= 4 is 41.1 Å². The van der Waals surface area contributed by atoms with Gasteiger partial charge in [0.25, 0.3) is 0 Å². The van der Waals surface area contributed by atoms with Gasteiger partial charge >= 0.3 is 17.9 Å². The number of carboxylic acids is 1. The number of allylic oxidation sites excluding steroid dienone is 1. The van der Waals surface area contributed by atoms with E-state index in [0.29, 0.717) is 16.9 Å². The highest BCUT2D eigenvalue weighted by molar-refractivity contribution is 7.14. The van der Waals surface area contributed by atoms with Gasteiger partial charge in [0.05, 0.1) is 29.9 Å². The molecule has 0 radical (unpaired) electrons. The normalized spacial score (nSPS) is 11.1. The molecule has 10 heteroatoms. The number of rotatable bonds is 10. The van der Waals surface area contributed by atoms with Gasteiger partial charge in [-0.15, -0.1) is 11.3 Å². The maximum atomic E-state index is 13.1. The number of carbonyl (C=O) groups excluding carboxylic acids is 3. The summed E-state index contributed by atoms with van der Waals surface area (Å²) >= 11 is 0.953. The third-order valence-corrected chi connectivity index (χ3v) is 6.84. The molecule has 0 aliphatic rings. The van der Waals surface area contributed by atoms with Gasteiger partial charge in [-0.3, -0.25) is 4.79 Å². The number of aryl methyl sites for hydroxylation is 1. The Bertz CT molecular complexity index is 1480. The van der Waals surface area contributed by atoms with E-state index in [1.54, 1.807) is 45.9 Å². The van der Waals surface area contributed by atoms with Gasteiger partial charge < -0.3 is 19.0 Å². The topological polar surface area (TPSA) is 144 Å². The van der Waals surface area contributed by atoms with Gasteiger partial charge in [0.2, 0.25) is 0 Å². The van der Waals surface area contributed by atoms with Crippen molar-refractivity contribution in [2.75, 3.05) is 13.2 Å². The zero-order valence-corrected chi connectivity index (χ0v) is 22.1. The Morgan fingerprint density at radius 1 is 1.05 bits per heavy atom. The van der Waals surface area contributed by atoms with Gasteiger partial charge in [0, 0.05) is 22.9 Å². The lowest BCUT2D eigenvalue weighted by molar-refractivity contribution is -0.114. The number of furan rings is 1. The smallest absolute Gasteiger partial charge is 0.348 e. The molecule has 1 aromatic carbocycles. The van der Waals surface area contributed by atoms with E-state index in [0.717, 1.165) is 16.9 Å². The summed E-state index contributed by atoms with van der Waals surface area (Å²) in [6.45, 7) is 6.94. The van der Waals surface area contributed by atoms with Crippen LogP contribution in [0.1, 0.15) is 66.0 Å². The van der Waals surface area contributed by atoms with E-state index in [4.69, 9.17) is 13.9 Å². The number of hydrogen-bond donors (Lipinski definition) is 1. The first kappa shape index (κ1) is 28.1. The maximum absolute atomic E-state index is 13.1. The molecule has 2 heterocycles. The molecule has 2 aromatic heterocycles. The molecule has 0 spiro atoms. The number of thiophene rings is 1. The second-order valence-electron chi connectivity index (χ2n) is 8.10. The van der Waals surface area contributed by atoms with Crippen LogP contribution in [-0.4, -0.2) is 42.0 Å². The Labute approximate surface area is 222 Å². The number of benzene rings is 1. The number of ketones is 1. The van der Waals surface area contributed by atoms with Crippen molar-refractivity contribution in [1.82, 2.24) is 0 Å². The second-order valence-corrected chi connectivity index (χ2v) is 9.21. The molecule has 0 fully saturated rings. The maximum Gasteiger partial charge on any atom is 0.348 e. The van der Waals surface area contributed by atoms with Crippen molar-refractivity contribution in [3.05, 3.63) is 73.7 Å².